The van der Waals surface area contributed by atoms with Crippen LogP contribution in [0.5, 0.6) is 5.75 Å². The molecule has 2 aromatic carbocycles. The lowest BCUT2D eigenvalue weighted by molar-refractivity contribution is -0.118. The second kappa shape index (κ2) is 7.16. The second-order valence-corrected chi connectivity index (χ2v) is 5.87. The van der Waals surface area contributed by atoms with Gasteiger partial charge in [-0.25, -0.2) is 8.78 Å². The number of nitrogens with one attached hydrogen (secondary N) is 2. The number of aliphatic hydroxyl groups is 1. The van der Waals surface area contributed by atoms with E-state index in [1.165, 1.54) is 6.07 Å². The third-order valence-electron chi connectivity index (χ3n) is 4.09. The van der Waals surface area contributed by atoms with Crippen molar-refractivity contribution in [2.75, 3.05) is 18.5 Å². The molecule has 0 aromatic heterocycles. The van der Waals surface area contributed by atoms with Gasteiger partial charge in [0.15, 0.2) is 6.61 Å². The van der Waals surface area contributed by atoms with Gasteiger partial charge in [-0.1, -0.05) is 12.1 Å². The highest BCUT2D eigenvalue weighted by Gasteiger charge is 2.20. The molecule has 1 heterocycles. The summed E-state index contributed by atoms with van der Waals surface area (Å²) in [5.74, 6) is -1.20. The number of carbonyl (C=O) groups excluding carboxylic acids is 1. The summed E-state index contributed by atoms with van der Waals surface area (Å²) in [5, 5.41) is 15.8. The van der Waals surface area contributed by atoms with Crippen LogP contribution in [0.4, 0.5) is 14.5 Å². The predicted molar refractivity (Wildman–Crippen MR) is 88.3 cm³/mol. The standard InChI is InChI=1S/C18H18F2N2O3/c1-10(11-5-6-16-14(7-11)22-17(24)9-25-16)21-8-15(23)18-12(19)3-2-4-13(18)20/h2-7,10,15,21,23H,8-9H2,1H3,(H,22,24). The third kappa shape index (κ3) is 3.78. The average molecular weight is 348 g/mol. The number of hydrogen-bond acceptors (Lipinski definition) is 4. The summed E-state index contributed by atoms with van der Waals surface area (Å²) < 4.78 is 32.7. The normalized spacial score (nSPS) is 15.8. The largest absolute Gasteiger partial charge is 0.482 e. The minimum atomic E-state index is -1.32. The van der Waals surface area contributed by atoms with Gasteiger partial charge in [-0.15, -0.1) is 0 Å². The predicted octanol–water partition coefficient (Wildman–Crippen LogP) is 2.68. The molecule has 25 heavy (non-hydrogen) atoms. The number of rotatable bonds is 5. The number of benzene rings is 2. The van der Waals surface area contributed by atoms with Crippen LogP contribution in [0.15, 0.2) is 36.4 Å². The molecule has 7 heteroatoms. The van der Waals surface area contributed by atoms with Gasteiger partial charge in [0.2, 0.25) is 0 Å². The van der Waals surface area contributed by atoms with Crippen molar-refractivity contribution in [1.82, 2.24) is 5.32 Å². The first-order valence-electron chi connectivity index (χ1n) is 7.87. The van der Waals surface area contributed by atoms with E-state index in [2.05, 4.69) is 10.6 Å². The quantitative estimate of drug-likeness (QED) is 0.777. The summed E-state index contributed by atoms with van der Waals surface area (Å²) in [7, 11) is 0. The van der Waals surface area contributed by atoms with Crippen molar-refractivity contribution in [2.45, 2.75) is 19.1 Å². The van der Waals surface area contributed by atoms with Crippen molar-refractivity contribution in [3.63, 3.8) is 0 Å². The summed E-state index contributed by atoms with van der Waals surface area (Å²) in [6, 6.07) is 8.59. The van der Waals surface area contributed by atoms with Gasteiger partial charge in [0.25, 0.3) is 5.91 Å². The fraction of sp³-hybridized carbons (Fsp3) is 0.278. The van der Waals surface area contributed by atoms with E-state index in [1.54, 1.807) is 12.1 Å². The van der Waals surface area contributed by atoms with Gasteiger partial charge in [-0.3, -0.25) is 4.79 Å². The van der Waals surface area contributed by atoms with Crippen molar-refractivity contribution in [1.29, 1.82) is 0 Å². The zero-order valence-electron chi connectivity index (χ0n) is 13.6. The molecular formula is C18H18F2N2O3. The van der Waals surface area contributed by atoms with Crippen LogP contribution in [0.2, 0.25) is 0 Å². The lowest BCUT2D eigenvalue weighted by atomic mass is 10.0. The minimum absolute atomic E-state index is 0.0133. The average Bonchev–Trinajstić information content (AvgIpc) is 2.58. The van der Waals surface area contributed by atoms with Crippen LogP contribution in [0, 0.1) is 11.6 Å². The van der Waals surface area contributed by atoms with E-state index in [4.69, 9.17) is 4.74 Å². The molecule has 2 unspecified atom stereocenters. The first-order chi connectivity index (χ1) is 12.0. The van der Waals surface area contributed by atoms with Gasteiger partial charge < -0.3 is 20.5 Å². The molecule has 5 nitrogen and oxygen atoms in total. The molecule has 0 radical (unpaired) electrons. The van der Waals surface area contributed by atoms with Crippen molar-refractivity contribution in [2.24, 2.45) is 0 Å². The third-order valence-corrected chi connectivity index (χ3v) is 4.09. The Morgan fingerprint density at radius 1 is 1.28 bits per heavy atom. The highest BCUT2D eigenvalue weighted by molar-refractivity contribution is 5.95. The summed E-state index contributed by atoms with van der Waals surface area (Å²) >= 11 is 0. The molecule has 2 aromatic rings. The molecule has 0 saturated carbocycles. The number of fused-ring (bicyclic) bond motifs is 1. The molecule has 1 amide bonds. The zero-order chi connectivity index (χ0) is 18.0. The topological polar surface area (TPSA) is 70.6 Å². The van der Waals surface area contributed by atoms with E-state index in [0.29, 0.717) is 11.4 Å². The Bertz CT molecular complexity index is 778. The van der Waals surface area contributed by atoms with E-state index in [1.807, 2.05) is 13.0 Å². The lowest BCUT2D eigenvalue weighted by Gasteiger charge is -2.22. The van der Waals surface area contributed by atoms with E-state index in [0.717, 1.165) is 17.7 Å². The Kier molecular flexibility index (Phi) is 4.96. The van der Waals surface area contributed by atoms with Crippen LogP contribution in [0.1, 0.15) is 30.2 Å². The van der Waals surface area contributed by atoms with E-state index >= 15 is 0 Å². The van der Waals surface area contributed by atoms with Crippen molar-refractivity contribution < 1.29 is 23.4 Å². The van der Waals surface area contributed by atoms with E-state index in [9.17, 15) is 18.7 Å². The number of carbonyl (C=O) groups is 1. The lowest BCUT2D eigenvalue weighted by Crippen LogP contribution is -2.27. The maximum atomic E-state index is 13.7. The number of ether oxygens (including phenoxy) is 1. The van der Waals surface area contributed by atoms with Crippen LogP contribution in [0.3, 0.4) is 0 Å². The fourth-order valence-electron chi connectivity index (χ4n) is 2.71. The number of amides is 1. The first kappa shape index (κ1) is 17.3. The van der Waals surface area contributed by atoms with Gasteiger partial charge in [0.1, 0.15) is 17.4 Å². The molecule has 3 N–H and O–H groups in total. The van der Waals surface area contributed by atoms with Crippen LogP contribution in [0.25, 0.3) is 0 Å². The SMILES string of the molecule is CC(NCC(O)c1c(F)cccc1F)c1ccc2c(c1)NC(=O)CO2. The maximum Gasteiger partial charge on any atom is 0.262 e. The van der Waals surface area contributed by atoms with Gasteiger partial charge in [-0.05, 0) is 36.8 Å². The van der Waals surface area contributed by atoms with Crippen molar-refractivity contribution >= 4 is 11.6 Å². The number of aliphatic hydroxyl groups excluding tert-OH is 1. The molecule has 0 spiro atoms. The Balaban J connectivity index is 1.67. The highest BCUT2D eigenvalue weighted by Crippen LogP contribution is 2.30. The van der Waals surface area contributed by atoms with Gasteiger partial charge in [-0.2, -0.15) is 0 Å². The molecule has 1 aliphatic rings. The maximum absolute atomic E-state index is 13.7. The molecular weight excluding hydrogens is 330 g/mol. The van der Waals surface area contributed by atoms with Gasteiger partial charge in [0, 0.05) is 12.6 Å². The highest BCUT2D eigenvalue weighted by atomic mass is 19.1. The zero-order valence-corrected chi connectivity index (χ0v) is 13.6. The van der Waals surface area contributed by atoms with Crippen LogP contribution in [-0.4, -0.2) is 24.2 Å². The minimum Gasteiger partial charge on any atom is -0.482 e. The number of halogens is 2. The monoisotopic (exact) mass is 348 g/mol. The number of anilines is 1. The summed E-state index contributed by atoms with van der Waals surface area (Å²) in [5.41, 5.74) is 1.06. The summed E-state index contributed by atoms with van der Waals surface area (Å²) in [6.45, 7) is 1.80. The van der Waals surface area contributed by atoms with Crippen LogP contribution in [-0.2, 0) is 4.79 Å². The Morgan fingerprint density at radius 3 is 2.72 bits per heavy atom. The molecule has 0 aliphatic carbocycles. The van der Waals surface area contributed by atoms with Crippen LogP contribution >= 0.6 is 0 Å². The van der Waals surface area contributed by atoms with Gasteiger partial charge in [0.05, 0.1) is 17.4 Å². The molecule has 0 bridgehead atoms. The number of hydrogen-bond donors (Lipinski definition) is 3. The Labute approximate surface area is 143 Å². The molecule has 132 valence electrons. The molecule has 0 saturated heterocycles. The summed E-state index contributed by atoms with van der Waals surface area (Å²) in [6.07, 6.45) is -1.32. The van der Waals surface area contributed by atoms with Crippen LogP contribution < -0.4 is 15.4 Å². The van der Waals surface area contributed by atoms with Crippen molar-refractivity contribution in [3.8, 4) is 5.75 Å². The molecule has 2 atom stereocenters. The molecule has 0 fully saturated rings. The van der Waals surface area contributed by atoms with Gasteiger partial charge >= 0.3 is 0 Å². The van der Waals surface area contributed by atoms with E-state index < -0.39 is 17.7 Å². The van der Waals surface area contributed by atoms with Crippen molar-refractivity contribution in [3.05, 3.63) is 59.2 Å². The molecule has 1 aliphatic heterocycles. The van der Waals surface area contributed by atoms with E-state index in [-0.39, 0.29) is 30.7 Å². The smallest absolute Gasteiger partial charge is 0.262 e. The molecule has 3 rings (SSSR count). The summed E-state index contributed by atoms with van der Waals surface area (Å²) in [4.78, 5) is 11.4. The Hall–Kier alpha value is -2.51. The fourth-order valence-corrected chi connectivity index (χ4v) is 2.71. The Morgan fingerprint density at radius 2 is 2.00 bits per heavy atom. The first-order valence-corrected chi connectivity index (χ1v) is 7.87. The second-order valence-electron chi connectivity index (χ2n) is 5.87.